The third-order valence-electron chi connectivity index (χ3n) is 4.13. The molecule has 0 aliphatic carbocycles. The van der Waals surface area contributed by atoms with Gasteiger partial charge in [0.15, 0.2) is 0 Å². The maximum atomic E-state index is 12.1. The Bertz CT molecular complexity index is 542. The van der Waals surface area contributed by atoms with Crippen molar-refractivity contribution in [2.24, 2.45) is 11.7 Å². The van der Waals surface area contributed by atoms with E-state index in [1.807, 2.05) is 38.4 Å². The molecule has 0 aromatic heterocycles. The molecule has 120 valence electrons. The van der Waals surface area contributed by atoms with Gasteiger partial charge in [-0.1, -0.05) is 12.1 Å². The summed E-state index contributed by atoms with van der Waals surface area (Å²) in [4.78, 5) is 27.1. The lowest BCUT2D eigenvalue weighted by Crippen LogP contribution is -2.36. The smallest absolute Gasteiger partial charge is 0.223 e. The summed E-state index contributed by atoms with van der Waals surface area (Å²) in [6, 6.07) is 7.86. The average Bonchev–Trinajstić information content (AvgIpc) is 2.86. The van der Waals surface area contributed by atoms with Gasteiger partial charge in [-0.2, -0.15) is 0 Å². The van der Waals surface area contributed by atoms with Crippen molar-refractivity contribution in [2.75, 3.05) is 34.3 Å². The minimum Gasteiger partial charge on any atom is -0.497 e. The van der Waals surface area contributed by atoms with Crippen molar-refractivity contribution in [3.63, 3.8) is 0 Å². The number of nitrogens with zero attached hydrogens (tertiary/aromatic N) is 2. The van der Waals surface area contributed by atoms with Crippen LogP contribution in [0.5, 0.6) is 5.75 Å². The normalized spacial score (nSPS) is 19.5. The van der Waals surface area contributed by atoms with Gasteiger partial charge in [0.1, 0.15) is 5.75 Å². The monoisotopic (exact) mass is 305 g/mol. The lowest BCUT2D eigenvalue weighted by Gasteiger charge is -2.29. The first-order valence-electron chi connectivity index (χ1n) is 7.30. The quantitative estimate of drug-likeness (QED) is 0.836. The molecule has 0 saturated carbocycles. The van der Waals surface area contributed by atoms with Crippen LogP contribution in [-0.4, -0.2) is 55.9 Å². The molecule has 1 aromatic rings. The molecule has 6 nitrogen and oxygen atoms in total. The van der Waals surface area contributed by atoms with Gasteiger partial charge in [0.05, 0.1) is 19.1 Å². The fourth-order valence-corrected chi connectivity index (χ4v) is 2.74. The molecular weight excluding hydrogens is 282 g/mol. The van der Waals surface area contributed by atoms with E-state index in [4.69, 9.17) is 10.5 Å². The SMILES string of the molecule is COc1ccc(C(CN2CC(C(N)=O)CC2=O)N(C)C)cc1. The first-order chi connectivity index (χ1) is 10.4. The van der Waals surface area contributed by atoms with Gasteiger partial charge in [-0.25, -0.2) is 0 Å². The summed E-state index contributed by atoms with van der Waals surface area (Å²) in [6.07, 6.45) is 0.220. The summed E-state index contributed by atoms with van der Waals surface area (Å²) in [5, 5.41) is 0. The van der Waals surface area contributed by atoms with Crippen LogP contribution in [0.3, 0.4) is 0 Å². The minimum absolute atomic E-state index is 0.0100. The predicted octanol–water partition coefficient (Wildman–Crippen LogP) is 0.632. The highest BCUT2D eigenvalue weighted by molar-refractivity contribution is 5.88. The summed E-state index contributed by atoms with van der Waals surface area (Å²) >= 11 is 0. The molecule has 1 aliphatic rings. The van der Waals surface area contributed by atoms with Crippen molar-refractivity contribution in [1.29, 1.82) is 0 Å². The van der Waals surface area contributed by atoms with Gasteiger partial charge >= 0.3 is 0 Å². The van der Waals surface area contributed by atoms with Gasteiger partial charge in [0, 0.05) is 19.5 Å². The van der Waals surface area contributed by atoms with Crippen molar-refractivity contribution in [3.8, 4) is 5.75 Å². The third kappa shape index (κ3) is 3.57. The zero-order valence-electron chi connectivity index (χ0n) is 13.3. The number of hydrogen-bond donors (Lipinski definition) is 1. The van der Waals surface area contributed by atoms with Crippen molar-refractivity contribution >= 4 is 11.8 Å². The molecular formula is C16H23N3O3. The lowest BCUT2D eigenvalue weighted by molar-refractivity contribution is -0.129. The van der Waals surface area contributed by atoms with Crippen LogP contribution >= 0.6 is 0 Å². The number of rotatable bonds is 6. The minimum atomic E-state index is -0.401. The van der Waals surface area contributed by atoms with E-state index in [0.717, 1.165) is 11.3 Å². The molecule has 2 rings (SSSR count). The molecule has 1 aliphatic heterocycles. The number of carbonyl (C=O) groups is 2. The van der Waals surface area contributed by atoms with Crippen LogP contribution in [0, 0.1) is 5.92 Å². The van der Waals surface area contributed by atoms with E-state index in [1.54, 1.807) is 12.0 Å². The van der Waals surface area contributed by atoms with Crippen LogP contribution < -0.4 is 10.5 Å². The van der Waals surface area contributed by atoms with Gasteiger partial charge in [0.25, 0.3) is 0 Å². The Balaban J connectivity index is 2.12. The molecule has 2 amide bonds. The first kappa shape index (κ1) is 16.3. The number of amides is 2. The summed E-state index contributed by atoms with van der Waals surface area (Å²) in [5.74, 6) is 0.0179. The van der Waals surface area contributed by atoms with Crippen LogP contribution in [0.1, 0.15) is 18.0 Å². The predicted molar refractivity (Wildman–Crippen MR) is 83.3 cm³/mol. The van der Waals surface area contributed by atoms with Crippen LogP contribution in [0.25, 0.3) is 0 Å². The summed E-state index contributed by atoms with van der Waals surface area (Å²) in [5.41, 5.74) is 6.41. The first-order valence-corrected chi connectivity index (χ1v) is 7.30. The highest BCUT2D eigenvalue weighted by Gasteiger charge is 2.34. The standard InChI is InChI=1S/C16H23N3O3/c1-18(2)14(11-4-6-13(22-3)7-5-11)10-19-9-12(16(17)21)8-15(19)20/h4-7,12,14H,8-10H2,1-3H3,(H2,17,21). The van der Waals surface area contributed by atoms with Gasteiger partial charge in [-0.3, -0.25) is 9.59 Å². The van der Waals surface area contributed by atoms with Crippen LogP contribution in [0.4, 0.5) is 0 Å². The number of nitrogens with two attached hydrogens (primary N) is 1. The topological polar surface area (TPSA) is 75.9 Å². The van der Waals surface area contributed by atoms with Gasteiger partial charge in [-0.05, 0) is 31.8 Å². The Labute approximate surface area is 130 Å². The number of benzene rings is 1. The van der Waals surface area contributed by atoms with E-state index >= 15 is 0 Å². The number of likely N-dealkylation sites (N-methyl/N-ethyl adjacent to an activating group) is 1. The highest BCUT2D eigenvalue weighted by atomic mass is 16.5. The Morgan fingerprint density at radius 2 is 2.05 bits per heavy atom. The average molecular weight is 305 g/mol. The van der Waals surface area contributed by atoms with Gasteiger partial charge in [-0.15, -0.1) is 0 Å². The third-order valence-corrected chi connectivity index (χ3v) is 4.13. The van der Waals surface area contributed by atoms with Crippen molar-refractivity contribution in [3.05, 3.63) is 29.8 Å². The van der Waals surface area contributed by atoms with Crippen LogP contribution in [-0.2, 0) is 9.59 Å². The molecule has 2 atom stereocenters. The highest BCUT2D eigenvalue weighted by Crippen LogP contribution is 2.25. The Morgan fingerprint density at radius 3 is 2.50 bits per heavy atom. The van der Waals surface area contributed by atoms with Crippen molar-refractivity contribution in [1.82, 2.24) is 9.80 Å². The van der Waals surface area contributed by atoms with E-state index in [-0.39, 0.29) is 24.3 Å². The number of methoxy groups -OCH3 is 1. The summed E-state index contributed by atoms with van der Waals surface area (Å²) < 4.78 is 5.17. The molecule has 22 heavy (non-hydrogen) atoms. The Kier molecular flexibility index (Phi) is 5.03. The van der Waals surface area contributed by atoms with E-state index in [1.165, 1.54) is 0 Å². The molecule has 1 saturated heterocycles. The molecule has 2 N–H and O–H groups in total. The summed E-state index contributed by atoms with van der Waals surface area (Å²) in [7, 11) is 5.58. The number of primary amides is 1. The molecule has 1 aromatic carbocycles. The fourth-order valence-electron chi connectivity index (χ4n) is 2.74. The van der Waals surface area contributed by atoms with Crippen LogP contribution in [0.15, 0.2) is 24.3 Å². The Hall–Kier alpha value is -2.08. The molecule has 6 heteroatoms. The summed E-state index contributed by atoms with van der Waals surface area (Å²) in [6.45, 7) is 0.955. The van der Waals surface area contributed by atoms with Crippen molar-refractivity contribution in [2.45, 2.75) is 12.5 Å². The molecule has 2 unspecified atom stereocenters. The van der Waals surface area contributed by atoms with E-state index in [9.17, 15) is 9.59 Å². The largest absolute Gasteiger partial charge is 0.497 e. The van der Waals surface area contributed by atoms with E-state index in [0.29, 0.717) is 13.1 Å². The Morgan fingerprint density at radius 1 is 1.41 bits per heavy atom. The fraction of sp³-hybridized carbons (Fsp3) is 0.500. The van der Waals surface area contributed by atoms with E-state index < -0.39 is 5.91 Å². The second-order valence-corrected chi connectivity index (χ2v) is 5.85. The maximum Gasteiger partial charge on any atom is 0.223 e. The molecule has 0 radical (unpaired) electrons. The molecule has 0 spiro atoms. The zero-order valence-corrected chi connectivity index (χ0v) is 13.3. The van der Waals surface area contributed by atoms with Gasteiger partial charge < -0.3 is 20.3 Å². The van der Waals surface area contributed by atoms with Crippen LogP contribution in [0.2, 0.25) is 0 Å². The lowest BCUT2D eigenvalue weighted by atomic mass is 10.1. The number of hydrogen-bond acceptors (Lipinski definition) is 4. The van der Waals surface area contributed by atoms with Gasteiger partial charge in [0.2, 0.25) is 11.8 Å². The maximum absolute atomic E-state index is 12.1. The zero-order chi connectivity index (χ0) is 16.3. The second-order valence-electron chi connectivity index (χ2n) is 5.85. The number of carbonyl (C=O) groups excluding carboxylic acids is 2. The number of likely N-dealkylation sites (tertiary alicyclic amines) is 1. The van der Waals surface area contributed by atoms with E-state index in [2.05, 4.69) is 4.90 Å². The molecule has 0 bridgehead atoms. The second kappa shape index (κ2) is 6.79. The number of ether oxygens (including phenoxy) is 1. The molecule has 1 fully saturated rings. The molecule has 1 heterocycles. The van der Waals surface area contributed by atoms with Crippen molar-refractivity contribution < 1.29 is 14.3 Å².